The molecule has 0 aliphatic heterocycles. The zero-order chi connectivity index (χ0) is 20.1. The van der Waals surface area contributed by atoms with Crippen LogP contribution >= 0.6 is 0 Å². The van der Waals surface area contributed by atoms with Gasteiger partial charge in [0.15, 0.2) is 0 Å². The Hall–Kier alpha value is -3.28. The number of carbonyl (C=O) groups excluding carboxylic acids is 1. The lowest BCUT2D eigenvalue weighted by Gasteiger charge is -2.10. The molecule has 0 fully saturated rings. The summed E-state index contributed by atoms with van der Waals surface area (Å²) in [5, 5.41) is 6.02. The Morgan fingerprint density at radius 1 is 0.964 bits per heavy atom. The number of hydrogen-bond donors (Lipinski definition) is 2. The summed E-state index contributed by atoms with van der Waals surface area (Å²) in [7, 11) is 0. The lowest BCUT2D eigenvalue weighted by molar-refractivity contribution is 0.102. The third-order valence-electron chi connectivity index (χ3n) is 4.18. The van der Waals surface area contributed by atoms with Crippen molar-refractivity contribution in [2.45, 2.75) is 27.2 Å². The number of nitrogens with zero attached hydrogens (tertiary/aromatic N) is 2. The first-order valence-corrected chi connectivity index (χ1v) is 9.13. The van der Waals surface area contributed by atoms with Gasteiger partial charge >= 0.3 is 0 Å². The Labute approximate surface area is 164 Å². The van der Waals surface area contributed by atoms with E-state index in [0.717, 1.165) is 22.4 Å². The SMILES string of the molecule is Cc1cc(C)cc(NC(=O)c2cc(C)nc(NCCc3ccc(F)cc3)n2)c1. The monoisotopic (exact) mass is 378 g/mol. The highest BCUT2D eigenvalue weighted by Gasteiger charge is 2.11. The van der Waals surface area contributed by atoms with E-state index < -0.39 is 0 Å². The molecule has 3 aromatic rings. The van der Waals surface area contributed by atoms with Gasteiger partial charge in [-0.25, -0.2) is 14.4 Å². The first-order chi connectivity index (χ1) is 13.4. The van der Waals surface area contributed by atoms with Gasteiger partial charge in [0.25, 0.3) is 5.91 Å². The Bertz CT molecular complexity index is 966. The minimum Gasteiger partial charge on any atom is -0.354 e. The van der Waals surface area contributed by atoms with Crippen molar-refractivity contribution in [2.75, 3.05) is 17.2 Å². The van der Waals surface area contributed by atoms with Gasteiger partial charge in [0.05, 0.1) is 0 Å². The Morgan fingerprint density at radius 2 is 1.64 bits per heavy atom. The second-order valence-corrected chi connectivity index (χ2v) is 6.85. The molecule has 28 heavy (non-hydrogen) atoms. The molecule has 2 aromatic carbocycles. The van der Waals surface area contributed by atoms with Crippen LogP contribution in [0.25, 0.3) is 0 Å². The summed E-state index contributed by atoms with van der Waals surface area (Å²) >= 11 is 0. The molecule has 0 unspecified atom stereocenters. The number of halogens is 1. The molecule has 0 atom stereocenters. The summed E-state index contributed by atoms with van der Waals surface area (Å²) in [5.41, 5.74) is 4.91. The number of carbonyl (C=O) groups is 1. The van der Waals surface area contributed by atoms with Gasteiger partial charge in [-0.15, -0.1) is 0 Å². The van der Waals surface area contributed by atoms with Crippen molar-refractivity contribution in [2.24, 2.45) is 0 Å². The second kappa shape index (κ2) is 8.61. The molecule has 0 aliphatic carbocycles. The van der Waals surface area contributed by atoms with Crippen molar-refractivity contribution < 1.29 is 9.18 Å². The van der Waals surface area contributed by atoms with Crippen LogP contribution in [-0.2, 0) is 6.42 Å². The molecule has 5 nitrogen and oxygen atoms in total. The summed E-state index contributed by atoms with van der Waals surface area (Å²) in [6, 6.07) is 13.9. The molecule has 144 valence electrons. The highest BCUT2D eigenvalue weighted by molar-refractivity contribution is 6.03. The van der Waals surface area contributed by atoms with E-state index in [-0.39, 0.29) is 11.7 Å². The standard InChI is InChI=1S/C22H23FN4O/c1-14-10-15(2)12-19(11-14)26-21(28)20-13-16(3)25-22(27-20)24-9-8-17-4-6-18(23)7-5-17/h4-7,10-13H,8-9H2,1-3H3,(H,26,28)(H,24,25,27). The van der Waals surface area contributed by atoms with E-state index in [1.165, 1.54) is 12.1 Å². The van der Waals surface area contributed by atoms with Crippen LogP contribution in [0.3, 0.4) is 0 Å². The van der Waals surface area contributed by atoms with E-state index in [9.17, 15) is 9.18 Å². The van der Waals surface area contributed by atoms with Crippen LogP contribution in [0.4, 0.5) is 16.0 Å². The normalized spacial score (nSPS) is 10.6. The predicted octanol–water partition coefficient (Wildman–Crippen LogP) is 4.45. The van der Waals surface area contributed by atoms with E-state index >= 15 is 0 Å². The molecule has 3 rings (SSSR count). The molecule has 0 radical (unpaired) electrons. The summed E-state index contributed by atoms with van der Waals surface area (Å²) in [4.78, 5) is 21.3. The average Bonchev–Trinajstić information content (AvgIpc) is 2.62. The van der Waals surface area contributed by atoms with Crippen LogP contribution in [0.15, 0.2) is 48.5 Å². The number of benzene rings is 2. The largest absolute Gasteiger partial charge is 0.354 e. The Balaban J connectivity index is 1.66. The number of amides is 1. The first-order valence-electron chi connectivity index (χ1n) is 9.13. The van der Waals surface area contributed by atoms with E-state index in [2.05, 4.69) is 20.6 Å². The lowest BCUT2D eigenvalue weighted by Crippen LogP contribution is -2.17. The Kier molecular flexibility index (Phi) is 5.99. The fourth-order valence-electron chi connectivity index (χ4n) is 2.98. The first kappa shape index (κ1) is 19.5. The van der Waals surface area contributed by atoms with E-state index in [4.69, 9.17) is 0 Å². The minimum absolute atomic E-state index is 0.252. The summed E-state index contributed by atoms with van der Waals surface area (Å²) in [6.45, 7) is 6.37. The van der Waals surface area contributed by atoms with Crippen LogP contribution < -0.4 is 10.6 Å². The van der Waals surface area contributed by atoms with Crippen molar-refractivity contribution in [3.63, 3.8) is 0 Å². The second-order valence-electron chi connectivity index (χ2n) is 6.85. The molecular formula is C22H23FN4O. The molecule has 0 saturated heterocycles. The molecule has 0 saturated carbocycles. The third-order valence-corrected chi connectivity index (χ3v) is 4.18. The van der Waals surface area contributed by atoms with Gasteiger partial charge in [-0.3, -0.25) is 4.79 Å². The highest BCUT2D eigenvalue weighted by atomic mass is 19.1. The zero-order valence-corrected chi connectivity index (χ0v) is 16.2. The fraction of sp³-hybridized carbons (Fsp3) is 0.227. The molecule has 0 bridgehead atoms. The molecule has 1 aromatic heterocycles. The number of aromatic nitrogens is 2. The predicted molar refractivity (Wildman–Crippen MR) is 109 cm³/mol. The number of rotatable bonds is 6. The summed E-state index contributed by atoms with van der Waals surface area (Å²) < 4.78 is 13.0. The topological polar surface area (TPSA) is 66.9 Å². The summed E-state index contributed by atoms with van der Waals surface area (Å²) in [5.74, 6) is -0.136. The van der Waals surface area contributed by atoms with Crippen molar-refractivity contribution in [1.82, 2.24) is 9.97 Å². The number of nitrogens with one attached hydrogen (secondary N) is 2. The number of anilines is 2. The van der Waals surface area contributed by atoms with Gasteiger partial charge in [0.2, 0.25) is 5.95 Å². The average molecular weight is 378 g/mol. The van der Waals surface area contributed by atoms with Crippen LogP contribution in [0.5, 0.6) is 0 Å². The third kappa shape index (κ3) is 5.36. The van der Waals surface area contributed by atoms with Crippen molar-refractivity contribution in [3.8, 4) is 0 Å². The van der Waals surface area contributed by atoms with Gasteiger partial charge < -0.3 is 10.6 Å². The van der Waals surface area contributed by atoms with Crippen LogP contribution in [-0.4, -0.2) is 22.4 Å². The van der Waals surface area contributed by atoms with Gasteiger partial charge in [0, 0.05) is 17.9 Å². The van der Waals surface area contributed by atoms with Gasteiger partial charge in [-0.05, 0) is 74.2 Å². The van der Waals surface area contributed by atoms with Crippen LogP contribution in [0, 0.1) is 26.6 Å². The van der Waals surface area contributed by atoms with Gasteiger partial charge in [-0.2, -0.15) is 0 Å². The van der Waals surface area contributed by atoms with E-state index in [1.54, 1.807) is 18.2 Å². The smallest absolute Gasteiger partial charge is 0.274 e. The minimum atomic E-state index is -0.280. The Morgan fingerprint density at radius 3 is 2.32 bits per heavy atom. The molecule has 1 amide bonds. The quantitative estimate of drug-likeness (QED) is 0.665. The van der Waals surface area contributed by atoms with E-state index in [1.807, 2.05) is 39.0 Å². The molecule has 1 heterocycles. The fourth-order valence-corrected chi connectivity index (χ4v) is 2.98. The maximum absolute atomic E-state index is 13.0. The zero-order valence-electron chi connectivity index (χ0n) is 16.2. The van der Waals surface area contributed by atoms with Crippen LogP contribution in [0.2, 0.25) is 0 Å². The molecule has 0 aliphatic rings. The van der Waals surface area contributed by atoms with Crippen molar-refractivity contribution >= 4 is 17.5 Å². The van der Waals surface area contributed by atoms with Crippen molar-refractivity contribution in [3.05, 3.63) is 82.4 Å². The number of aryl methyl sites for hydroxylation is 3. The maximum Gasteiger partial charge on any atom is 0.274 e. The molecule has 0 spiro atoms. The molecule has 6 heteroatoms. The van der Waals surface area contributed by atoms with E-state index in [0.29, 0.717) is 30.3 Å². The summed E-state index contributed by atoms with van der Waals surface area (Å²) in [6.07, 6.45) is 0.696. The molecular weight excluding hydrogens is 355 g/mol. The van der Waals surface area contributed by atoms with Gasteiger partial charge in [0.1, 0.15) is 11.5 Å². The van der Waals surface area contributed by atoms with Crippen molar-refractivity contribution in [1.29, 1.82) is 0 Å². The van der Waals surface area contributed by atoms with Gasteiger partial charge in [-0.1, -0.05) is 18.2 Å². The highest BCUT2D eigenvalue weighted by Crippen LogP contribution is 2.15. The lowest BCUT2D eigenvalue weighted by atomic mass is 10.1. The maximum atomic E-state index is 13.0. The number of hydrogen-bond acceptors (Lipinski definition) is 4. The molecule has 2 N–H and O–H groups in total. The van der Waals surface area contributed by atoms with Crippen LogP contribution in [0.1, 0.15) is 32.9 Å².